The Morgan fingerprint density at radius 2 is 2.33 bits per heavy atom. The normalized spacial score (nSPS) is 11.2. The fourth-order valence-corrected chi connectivity index (χ4v) is 2.34. The van der Waals surface area contributed by atoms with Gasteiger partial charge in [0.1, 0.15) is 0 Å². The number of fused-ring (bicyclic) bond motifs is 1. The molecule has 0 bridgehead atoms. The highest BCUT2D eigenvalue weighted by Crippen LogP contribution is 2.19. The largest absolute Gasteiger partial charge is 0.343 e. The van der Waals surface area contributed by atoms with E-state index in [1.807, 2.05) is 22.8 Å². The van der Waals surface area contributed by atoms with E-state index in [0.29, 0.717) is 28.6 Å². The third-order valence-corrected chi connectivity index (χ3v) is 3.26. The average Bonchev–Trinajstić information content (AvgIpc) is 2.93. The molecule has 0 saturated heterocycles. The number of nitrogens with zero attached hydrogens (tertiary/aromatic N) is 3. The van der Waals surface area contributed by atoms with Crippen LogP contribution in [0.1, 0.15) is 5.82 Å². The van der Waals surface area contributed by atoms with Crippen LogP contribution in [0.4, 0.5) is 0 Å². The van der Waals surface area contributed by atoms with Crippen molar-refractivity contribution in [3.05, 3.63) is 40.2 Å². The molecular formula is C11H9ClN4OS. The quantitative estimate of drug-likeness (QED) is 0.749. The van der Waals surface area contributed by atoms with Gasteiger partial charge in [-0.2, -0.15) is 4.98 Å². The van der Waals surface area contributed by atoms with Gasteiger partial charge in [-0.05, 0) is 30.4 Å². The molecule has 0 aliphatic rings. The van der Waals surface area contributed by atoms with Gasteiger partial charge in [0.15, 0.2) is 10.6 Å². The van der Waals surface area contributed by atoms with E-state index in [9.17, 15) is 0 Å². The molecule has 1 N–H and O–H groups in total. The second kappa shape index (κ2) is 4.55. The maximum atomic E-state index is 5.94. The molecule has 92 valence electrons. The van der Waals surface area contributed by atoms with E-state index in [2.05, 4.69) is 15.1 Å². The van der Waals surface area contributed by atoms with Crippen molar-refractivity contribution in [3.8, 4) is 0 Å². The minimum absolute atomic E-state index is 0.663. The molecule has 0 aliphatic heterocycles. The second-order valence-electron chi connectivity index (χ2n) is 3.84. The van der Waals surface area contributed by atoms with Crippen molar-refractivity contribution >= 4 is 34.9 Å². The summed E-state index contributed by atoms with van der Waals surface area (Å²) in [6.45, 7) is 0.694. The molecule has 2 heterocycles. The maximum absolute atomic E-state index is 5.94. The molecule has 0 radical (unpaired) electrons. The summed E-state index contributed by atoms with van der Waals surface area (Å²) in [6.07, 6.45) is 1.99. The van der Waals surface area contributed by atoms with Gasteiger partial charge in [-0.1, -0.05) is 16.8 Å². The van der Waals surface area contributed by atoms with Crippen LogP contribution in [-0.4, -0.2) is 19.7 Å². The van der Waals surface area contributed by atoms with Crippen molar-refractivity contribution < 1.29 is 4.52 Å². The lowest BCUT2D eigenvalue weighted by atomic mass is 10.3. The van der Waals surface area contributed by atoms with E-state index in [0.717, 1.165) is 11.0 Å². The number of rotatable bonds is 3. The SMILES string of the molecule is S=c1[nH]c2cc(Cl)ccc2n1CCc1ncon1. The van der Waals surface area contributed by atoms with Crippen LogP contribution in [-0.2, 0) is 13.0 Å². The summed E-state index contributed by atoms with van der Waals surface area (Å²) in [6, 6.07) is 5.65. The van der Waals surface area contributed by atoms with Crippen LogP contribution in [0, 0.1) is 4.77 Å². The van der Waals surface area contributed by atoms with E-state index >= 15 is 0 Å². The zero-order chi connectivity index (χ0) is 12.5. The van der Waals surface area contributed by atoms with Gasteiger partial charge < -0.3 is 14.1 Å². The third kappa shape index (κ3) is 2.04. The lowest BCUT2D eigenvalue weighted by molar-refractivity contribution is 0.408. The van der Waals surface area contributed by atoms with Gasteiger partial charge in [-0.3, -0.25) is 0 Å². The molecule has 0 amide bonds. The molecular weight excluding hydrogens is 272 g/mol. The number of H-pyrrole nitrogens is 1. The fourth-order valence-electron chi connectivity index (χ4n) is 1.87. The van der Waals surface area contributed by atoms with Crippen LogP contribution in [0.5, 0.6) is 0 Å². The standard InChI is InChI=1S/C11H9ClN4OS/c12-7-1-2-9-8(5-7)14-11(18)16(9)4-3-10-13-6-17-15-10/h1-2,5-6H,3-4H2,(H,14,18). The van der Waals surface area contributed by atoms with E-state index < -0.39 is 0 Å². The highest BCUT2D eigenvalue weighted by atomic mass is 35.5. The molecule has 0 aliphatic carbocycles. The van der Waals surface area contributed by atoms with Gasteiger partial charge in [-0.25, -0.2) is 0 Å². The molecule has 0 fully saturated rings. The minimum atomic E-state index is 0.663. The first-order valence-corrected chi connectivity index (χ1v) is 6.16. The van der Waals surface area contributed by atoms with Crippen molar-refractivity contribution in [1.82, 2.24) is 19.7 Å². The van der Waals surface area contributed by atoms with Crippen LogP contribution in [0.3, 0.4) is 0 Å². The predicted molar refractivity (Wildman–Crippen MR) is 70.1 cm³/mol. The Bertz CT molecular complexity index is 731. The Morgan fingerprint density at radius 1 is 1.44 bits per heavy atom. The molecule has 18 heavy (non-hydrogen) atoms. The monoisotopic (exact) mass is 280 g/mol. The molecule has 0 saturated carbocycles. The Morgan fingerprint density at radius 3 is 3.11 bits per heavy atom. The third-order valence-electron chi connectivity index (χ3n) is 2.70. The lowest BCUT2D eigenvalue weighted by Crippen LogP contribution is -2.02. The number of aromatic nitrogens is 4. The van der Waals surface area contributed by atoms with Crippen LogP contribution in [0.25, 0.3) is 11.0 Å². The topological polar surface area (TPSA) is 59.6 Å². The lowest BCUT2D eigenvalue weighted by Gasteiger charge is -2.01. The van der Waals surface area contributed by atoms with Gasteiger partial charge in [-0.15, -0.1) is 0 Å². The zero-order valence-electron chi connectivity index (χ0n) is 9.26. The molecule has 3 aromatic rings. The van der Waals surface area contributed by atoms with Crippen molar-refractivity contribution in [3.63, 3.8) is 0 Å². The van der Waals surface area contributed by atoms with Crippen molar-refractivity contribution in [2.75, 3.05) is 0 Å². The highest BCUT2D eigenvalue weighted by molar-refractivity contribution is 7.71. The predicted octanol–water partition coefficient (Wildman–Crippen LogP) is 2.98. The number of aryl methyl sites for hydroxylation is 2. The first kappa shape index (κ1) is 11.4. The van der Waals surface area contributed by atoms with E-state index in [1.165, 1.54) is 6.39 Å². The summed E-state index contributed by atoms with van der Waals surface area (Å²) in [4.78, 5) is 7.11. The molecule has 7 heteroatoms. The van der Waals surface area contributed by atoms with Gasteiger partial charge >= 0.3 is 0 Å². The maximum Gasteiger partial charge on any atom is 0.213 e. The van der Waals surface area contributed by atoms with Crippen LogP contribution < -0.4 is 0 Å². The molecule has 3 rings (SSSR count). The Balaban J connectivity index is 1.96. The van der Waals surface area contributed by atoms with Crippen LogP contribution in [0.15, 0.2) is 29.1 Å². The highest BCUT2D eigenvalue weighted by Gasteiger charge is 2.06. The smallest absolute Gasteiger partial charge is 0.213 e. The summed E-state index contributed by atoms with van der Waals surface area (Å²) < 4.78 is 7.36. The first-order chi connectivity index (χ1) is 8.74. The summed E-state index contributed by atoms with van der Waals surface area (Å²) in [5, 5.41) is 4.46. The van der Waals surface area contributed by atoms with Gasteiger partial charge in [0.05, 0.1) is 11.0 Å². The number of nitrogens with one attached hydrogen (secondary N) is 1. The second-order valence-corrected chi connectivity index (χ2v) is 4.66. The Labute approximate surface area is 112 Å². The Hall–Kier alpha value is -1.66. The number of aromatic amines is 1. The molecule has 0 spiro atoms. The molecule has 2 aromatic heterocycles. The minimum Gasteiger partial charge on any atom is -0.343 e. The number of hydrogen-bond acceptors (Lipinski definition) is 4. The summed E-state index contributed by atoms with van der Waals surface area (Å²) in [7, 11) is 0. The van der Waals surface area contributed by atoms with Crippen molar-refractivity contribution in [1.29, 1.82) is 0 Å². The van der Waals surface area contributed by atoms with Gasteiger partial charge in [0.2, 0.25) is 6.39 Å². The number of imidazole rings is 1. The summed E-state index contributed by atoms with van der Waals surface area (Å²) >= 11 is 11.2. The van der Waals surface area contributed by atoms with Crippen LogP contribution >= 0.6 is 23.8 Å². The van der Waals surface area contributed by atoms with Crippen molar-refractivity contribution in [2.24, 2.45) is 0 Å². The summed E-state index contributed by atoms with van der Waals surface area (Å²) in [5.41, 5.74) is 1.95. The molecule has 5 nitrogen and oxygen atoms in total. The average molecular weight is 281 g/mol. The van der Waals surface area contributed by atoms with Crippen LogP contribution in [0.2, 0.25) is 5.02 Å². The number of hydrogen-bond donors (Lipinski definition) is 1. The first-order valence-electron chi connectivity index (χ1n) is 5.37. The molecule has 1 aromatic carbocycles. The van der Waals surface area contributed by atoms with E-state index in [-0.39, 0.29) is 0 Å². The zero-order valence-corrected chi connectivity index (χ0v) is 10.8. The summed E-state index contributed by atoms with van der Waals surface area (Å²) in [5.74, 6) is 0.667. The molecule has 0 atom stereocenters. The van der Waals surface area contributed by atoms with Gasteiger partial charge in [0, 0.05) is 18.0 Å². The van der Waals surface area contributed by atoms with E-state index in [1.54, 1.807) is 0 Å². The van der Waals surface area contributed by atoms with E-state index in [4.69, 9.17) is 28.3 Å². The fraction of sp³-hybridized carbons (Fsp3) is 0.182. The number of benzene rings is 1. The van der Waals surface area contributed by atoms with Gasteiger partial charge in [0.25, 0.3) is 0 Å². The molecule has 0 unspecified atom stereocenters. The van der Waals surface area contributed by atoms with Crippen molar-refractivity contribution in [2.45, 2.75) is 13.0 Å². The Kier molecular flexibility index (Phi) is 2.89. The number of halogens is 1.